The lowest BCUT2D eigenvalue weighted by Gasteiger charge is -2.22. The van der Waals surface area contributed by atoms with Gasteiger partial charge in [0.2, 0.25) is 0 Å². The maximum absolute atomic E-state index is 5.18. The molecule has 20 heavy (non-hydrogen) atoms. The first-order chi connectivity index (χ1) is 9.63. The highest BCUT2D eigenvalue weighted by atomic mass is 16.5. The summed E-state index contributed by atoms with van der Waals surface area (Å²) in [5.41, 5.74) is 1.25. The van der Waals surface area contributed by atoms with Gasteiger partial charge in [0.1, 0.15) is 5.75 Å². The van der Waals surface area contributed by atoms with Crippen molar-refractivity contribution in [3.05, 3.63) is 29.8 Å². The molecule has 1 aromatic carbocycles. The van der Waals surface area contributed by atoms with Crippen molar-refractivity contribution in [3.63, 3.8) is 0 Å². The lowest BCUT2D eigenvalue weighted by Crippen LogP contribution is -2.40. The third kappa shape index (κ3) is 3.89. The molecule has 4 nitrogen and oxygen atoms in total. The molecule has 2 unspecified atom stereocenters. The number of nitrogens with zero attached hydrogens (tertiary/aromatic N) is 2. The second-order valence-electron chi connectivity index (χ2n) is 5.47. The van der Waals surface area contributed by atoms with E-state index < -0.39 is 0 Å². The van der Waals surface area contributed by atoms with Crippen molar-refractivity contribution in [2.45, 2.75) is 32.9 Å². The zero-order chi connectivity index (χ0) is 14.5. The van der Waals surface area contributed by atoms with Gasteiger partial charge in [-0.25, -0.2) is 0 Å². The van der Waals surface area contributed by atoms with Gasteiger partial charge in [0.05, 0.1) is 7.11 Å². The first-order valence-corrected chi connectivity index (χ1v) is 7.29. The van der Waals surface area contributed by atoms with E-state index in [4.69, 9.17) is 4.74 Å². The molecule has 2 rings (SSSR count). The van der Waals surface area contributed by atoms with Gasteiger partial charge in [-0.05, 0) is 37.0 Å². The number of aliphatic imine (C=N–C) groups is 1. The molecular formula is C16H25N3O. The molecular weight excluding hydrogens is 250 g/mol. The van der Waals surface area contributed by atoms with E-state index in [-0.39, 0.29) is 0 Å². The lowest BCUT2D eigenvalue weighted by atomic mass is 10.2. The Bertz CT molecular complexity index is 455. The molecule has 0 saturated heterocycles. The topological polar surface area (TPSA) is 36.9 Å². The van der Waals surface area contributed by atoms with Gasteiger partial charge in [0, 0.05) is 26.2 Å². The van der Waals surface area contributed by atoms with Crippen LogP contribution < -0.4 is 10.1 Å². The van der Waals surface area contributed by atoms with Gasteiger partial charge in [-0.1, -0.05) is 19.1 Å². The van der Waals surface area contributed by atoms with Gasteiger partial charge in [0.15, 0.2) is 5.96 Å². The normalized spacial score (nSPS) is 21.5. The van der Waals surface area contributed by atoms with Crippen LogP contribution in [0.1, 0.15) is 25.8 Å². The monoisotopic (exact) mass is 275 g/mol. The molecule has 1 saturated carbocycles. The largest absolute Gasteiger partial charge is 0.497 e. The molecule has 110 valence electrons. The van der Waals surface area contributed by atoms with Crippen molar-refractivity contribution in [2.24, 2.45) is 10.9 Å². The predicted octanol–water partition coefficient (Wildman–Crippen LogP) is 2.50. The van der Waals surface area contributed by atoms with Crippen LogP contribution in [0.2, 0.25) is 0 Å². The number of ether oxygens (including phenoxy) is 1. The van der Waals surface area contributed by atoms with Crippen LogP contribution in [-0.4, -0.2) is 37.6 Å². The molecule has 1 aromatic rings. The molecule has 1 aliphatic carbocycles. The van der Waals surface area contributed by atoms with Crippen molar-refractivity contribution in [1.82, 2.24) is 10.2 Å². The molecule has 2 atom stereocenters. The van der Waals surface area contributed by atoms with Crippen molar-refractivity contribution >= 4 is 5.96 Å². The molecule has 0 spiro atoms. The fourth-order valence-electron chi connectivity index (χ4n) is 2.19. The Morgan fingerprint density at radius 3 is 2.55 bits per heavy atom. The Balaban J connectivity index is 1.96. The summed E-state index contributed by atoms with van der Waals surface area (Å²) >= 11 is 0. The fraction of sp³-hybridized carbons (Fsp3) is 0.562. The summed E-state index contributed by atoms with van der Waals surface area (Å²) in [7, 11) is 3.77. The van der Waals surface area contributed by atoms with Gasteiger partial charge in [-0.3, -0.25) is 4.99 Å². The number of hydrogen-bond acceptors (Lipinski definition) is 2. The molecule has 1 aliphatic rings. The van der Waals surface area contributed by atoms with Gasteiger partial charge in [-0.15, -0.1) is 0 Å². The average Bonchev–Trinajstić information content (AvgIpc) is 3.14. The number of benzene rings is 1. The van der Waals surface area contributed by atoms with Gasteiger partial charge in [0.25, 0.3) is 0 Å². The summed E-state index contributed by atoms with van der Waals surface area (Å²) in [4.78, 5) is 6.75. The zero-order valence-electron chi connectivity index (χ0n) is 12.9. The molecule has 0 heterocycles. The minimum absolute atomic E-state index is 0.596. The van der Waals surface area contributed by atoms with E-state index in [1.54, 1.807) is 7.11 Å². The summed E-state index contributed by atoms with van der Waals surface area (Å²) in [5.74, 6) is 2.66. The molecule has 0 aliphatic heterocycles. The zero-order valence-corrected chi connectivity index (χ0v) is 12.9. The van der Waals surface area contributed by atoms with E-state index >= 15 is 0 Å². The van der Waals surface area contributed by atoms with E-state index in [0.717, 1.165) is 30.7 Å². The van der Waals surface area contributed by atoms with E-state index in [1.807, 2.05) is 12.1 Å². The third-order valence-electron chi connectivity index (χ3n) is 3.67. The van der Waals surface area contributed by atoms with Crippen LogP contribution in [0.4, 0.5) is 0 Å². The second kappa shape index (κ2) is 6.64. The van der Waals surface area contributed by atoms with E-state index in [2.05, 4.69) is 48.2 Å². The Hall–Kier alpha value is -1.71. The maximum atomic E-state index is 5.18. The van der Waals surface area contributed by atoms with Crippen LogP contribution >= 0.6 is 0 Å². The van der Waals surface area contributed by atoms with Gasteiger partial charge >= 0.3 is 0 Å². The number of nitrogens with one attached hydrogen (secondary N) is 1. The Morgan fingerprint density at radius 2 is 2.05 bits per heavy atom. The minimum atomic E-state index is 0.596. The van der Waals surface area contributed by atoms with Crippen molar-refractivity contribution in [3.8, 4) is 5.75 Å². The van der Waals surface area contributed by atoms with Crippen LogP contribution in [0.15, 0.2) is 29.3 Å². The van der Waals surface area contributed by atoms with E-state index in [1.165, 1.54) is 12.0 Å². The number of rotatable bonds is 5. The Kier molecular flexibility index (Phi) is 4.88. The molecule has 0 amide bonds. The second-order valence-corrected chi connectivity index (χ2v) is 5.47. The highest BCUT2D eigenvalue weighted by Gasteiger charge is 2.33. The smallest absolute Gasteiger partial charge is 0.194 e. The first-order valence-electron chi connectivity index (χ1n) is 7.29. The van der Waals surface area contributed by atoms with E-state index in [9.17, 15) is 0 Å². The molecule has 1 fully saturated rings. The number of methoxy groups -OCH3 is 1. The van der Waals surface area contributed by atoms with Crippen molar-refractivity contribution in [2.75, 3.05) is 20.7 Å². The maximum Gasteiger partial charge on any atom is 0.194 e. The Morgan fingerprint density at radius 1 is 1.40 bits per heavy atom. The van der Waals surface area contributed by atoms with Crippen LogP contribution in [0.25, 0.3) is 0 Å². The van der Waals surface area contributed by atoms with Crippen LogP contribution in [0, 0.1) is 5.92 Å². The van der Waals surface area contributed by atoms with Gasteiger partial charge in [-0.2, -0.15) is 0 Å². The van der Waals surface area contributed by atoms with Crippen LogP contribution in [0.5, 0.6) is 5.75 Å². The molecule has 0 bridgehead atoms. The summed E-state index contributed by atoms with van der Waals surface area (Å²) in [6.45, 7) is 5.98. The van der Waals surface area contributed by atoms with Gasteiger partial charge < -0.3 is 15.0 Å². The molecule has 0 aromatic heterocycles. The molecule has 1 N–H and O–H groups in total. The molecule has 4 heteroatoms. The first kappa shape index (κ1) is 14.7. The van der Waals surface area contributed by atoms with E-state index in [0.29, 0.717) is 6.04 Å². The standard InChI is InChI=1S/C16H25N3O/c1-5-17-16(18-15-10-12(15)2)19(3)11-13-6-8-14(20-4)9-7-13/h6-9,12,15H,5,10-11H2,1-4H3,(H,17,18). The highest BCUT2D eigenvalue weighted by Crippen LogP contribution is 2.29. The summed E-state index contributed by atoms with van der Waals surface area (Å²) in [6.07, 6.45) is 1.25. The fourth-order valence-corrected chi connectivity index (χ4v) is 2.19. The highest BCUT2D eigenvalue weighted by molar-refractivity contribution is 5.80. The number of hydrogen-bond donors (Lipinski definition) is 1. The van der Waals surface area contributed by atoms with Crippen LogP contribution in [-0.2, 0) is 6.54 Å². The summed E-state index contributed by atoms with van der Waals surface area (Å²) in [5, 5.41) is 3.54. The summed E-state index contributed by atoms with van der Waals surface area (Å²) in [6, 6.07) is 8.78. The quantitative estimate of drug-likeness (QED) is 0.662. The van der Waals surface area contributed by atoms with Crippen LogP contribution in [0.3, 0.4) is 0 Å². The predicted molar refractivity (Wildman–Crippen MR) is 83.1 cm³/mol. The Labute approximate surface area is 121 Å². The lowest BCUT2D eigenvalue weighted by molar-refractivity contribution is 0.414. The molecule has 0 radical (unpaired) electrons. The minimum Gasteiger partial charge on any atom is -0.497 e. The van der Waals surface area contributed by atoms with Crippen molar-refractivity contribution in [1.29, 1.82) is 0 Å². The number of guanidine groups is 1. The third-order valence-corrected chi connectivity index (χ3v) is 3.67. The SMILES string of the molecule is CCN=C(NC1CC1C)N(C)Cc1ccc(OC)cc1. The average molecular weight is 275 g/mol. The van der Waals surface area contributed by atoms with Crippen molar-refractivity contribution < 1.29 is 4.74 Å². The summed E-state index contributed by atoms with van der Waals surface area (Å²) < 4.78 is 5.18.